The first-order valence-corrected chi connectivity index (χ1v) is 12.9. The summed E-state index contributed by atoms with van der Waals surface area (Å²) in [5.41, 5.74) is 0.373. The van der Waals surface area contributed by atoms with Gasteiger partial charge in [-0.05, 0) is 46.8 Å². The summed E-state index contributed by atoms with van der Waals surface area (Å²) in [6, 6.07) is 0. The fourth-order valence-electron chi connectivity index (χ4n) is 3.79. The molecule has 0 aromatic rings. The lowest BCUT2D eigenvalue weighted by molar-refractivity contribution is -0.147. The van der Waals surface area contributed by atoms with Crippen LogP contribution in [0.1, 0.15) is 129 Å². The van der Waals surface area contributed by atoms with E-state index < -0.39 is 0 Å². The van der Waals surface area contributed by atoms with Gasteiger partial charge in [0.05, 0.1) is 6.61 Å². The molecule has 1 amide bonds. The average molecular weight is 456 g/mol. The number of esters is 1. The van der Waals surface area contributed by atoms with Crippen LogP contribution >= 0.6 is 0 Å². The van der Waals surface area contributed by atoms with Gasteiger partial charge in [0.25, 0.3) is 0 Å². The van der Waals surface area contributed by atoms with Gasteiger partial charge in [0.1, 0.15) is 0 Å². The second kappa shape index (κ2) is 14.3. The molecule has 0 fully saturated rings. The molecule has 0 heterocycles. The highest BCUT2D eigenvalue weighted by Crippen LogP contribution is 2.43. The Bertz CT molecular complexity index is 545. The number of amides is 1. The maximum absolute atomic E-state index is 12.2. The fourth-order valence-corrected chi connectivity index (χ4v) is 3.79. The number of unbranched alkanes of at least 4 members (excludes halogenated alkanes) is 1. The standard InChI is InChI=1S/C26H51NO3.C2H6/c1-12-23(4,5)17-24(6,7)19-30-22(29)16-14-13-15-21(28)27-18-25(8,9)26(10,11)20(2)3;1-2/h20H,12-19H2,1-11H3,(H,27,28);1-2H3. The van der Waals surface area contributed by atoms with Crippen molar-refractivity contribution in [1.82, 2.24) is 5.32 Å². The first-order chi connectivity index (χ1) is 14.5. The monoisotopic (exact) mass is 455 g/mol. The van der Waals surface area contributed by atoms with E-state index in [-0.39, 0.29) is 33.5 Å². The van der Waals surface area contributed by atoms with Crippen molar-refractivity contribution in [1.29, 1.82) is 0 Å². The van der Waals surface area contributed by atoms with Gasteiger partial charge in [0.2, 0.25) is 5.91 Å². The molecule has 0 rings (SSSR count). The molecule has 1 N–H and O–H groups in total. The van der Waals surface area contributed by atoms with E-state index in [1.165, 1.54) is 0 Å². The fraction of sp³-hybridized carbons (Fsp3) is 0.929. The summed E-state index contributed by atoms with van der Waals surface area (Å²) in [5, 5.41) is 3.09. The van der Waals surface area contributed by atoms with Crippen molar-refractivity contribution < 1.29 is 14.3 Å². The zero-order valence-corrected chi connectivity index (χ0v) is 24.0. The normalized spacial score (nSPS) is 12.8. The van der Waals surface area contributed by atoms with Gasteiger partial charge >= 0.3 is 5.97 Å². The third-order valence-electron chi connectivity index (χ3n) is 7.49. The van der Waals surface area contributed by atoms with E-state index in [0.29, 0.717) is 44.8 Å². The first kappa shape index (κ1) is 33.1. The smallest absolute Gasteiger partial charge is 0.305 e. The molecule has 0 aromatic heterocycles. The molecule has 0 aliphatic carbocycles. The van der Waals surface area contributed by atoms with E-state index in [9.17, 15) is 9.59 Å². The molecule has 0 atom stereocenters. The SMILES string of the molecule is CC.CCC(C)(C)CC(C)(C)COC(=O)CCCCC(=O)NCC(C)(C)C(C)(C)C(C)C. The summed E-state index contributed by atoms with van der Waals surface area (Å²) < 4.78 is 5.52. The molecule has 4 heteroatoms. The van der Waals surface area contributed by atoms with Gasteiger partial charge in [-0.2, -0.15) is 0 Å². The summed E-state index contributed by atoms with van der Waals surface area (Å²) in [7, 11) is 0. The number of rotatable bonds is 14. The maximum Gasteiger partial charge on any atom is 0.305 e. The van der Waals surface area contributed by atoms with Crippen molar-refractivity contribution in [3.8, 4) is 0 Å². The quantitative estimate of drug-likeness (QED) is 0.215. The minimum absolute atomic E-state index is 0.0137. The minimum Gasteiger partial charge on any atom is -0.465 e. The Labute approximate surface area is 201 Å². The molecule has 0 aromatic carbocycles. The molecule has 0 aliphatic heterocycles. The molecular weight excluding hydrogens is 398 g/mol. The lowest BCUT2D eigenvalue weighted by Crippen LogP contribution is -2.45. The van der Waals surface area contributed by atoms with Crippen LogP contribution in [0.15, 0.2) is 0 Å². The maximum atomic E-state index is 12.2. The number of ether oxygens (including phenoxy) is 1. The molecule has 4 nitrogen and oxygen atoms in total. The van der Waals surface area contributed by atoms with Crippen LogP contribution in [-0.2, 0) is 14.3 Å². The highest BCUT2D eigenvalue weighted by atomic mass is 16.5. The first-order valence-electron chi connectivity index (χ1n) is 12.9. The van der Waals surface area contributed by atoms with Crippen molar-refractivity contribution in [2.75, 3.05) is 13.2 Å². The third kappa shape index (κ3) is 12.8. The second-order valence-corrected chi connectivity index (χ2v) is 12.3. The number of carbonyl (C=O) groups excluding carboxylic acids is 2. The van der Waals surface area contributed by atoms with Crippen LogP contribution in [0, 0.1) is 27.6 Å². The van der Waals surface area contributed by atoms with Gasteiger partial charge in [0.15, 0.2) is 0 Å². The van der Waals surface area contributed by atoms with E-state index in [4.69, 9.17) is 4.74 Å². The molecule has 0 saturated heterocycles. The predicted octanol–water partition coefficient (Wildman–Crippen LogP) is 7.79. The summed E-state index contributed by atoms with van der Waals surface area (Å²) >= 11 is 0. The zero-order valence-electron chi connectivity index (χ0n) is 24.0. The van der Waals surface area contributed by atoms with Gasteiger partial charge in [0, 0.05) is 19.4 Å². The topological polar surface area (TPSA) is 55.4 Å². The molecule has 0 radical (unpaired) electrons. The van der Waals surface area contributed by atoms with Crippen LogP contribution in [0.3, 0.4) is 0 Å². The Balaban J connectivity index is 0. The van der Waals surface area contributed by atoms with E-state index in [1.54, 1.807) is 0 Å². The molecule has 32 heavy (non-hydrogen) atoms. The Hall–Kier alpha value is -1.06. The highest BCUT2D eigenvalue weighted by Gasteiger charge is 2.39. The van der Waals surface area contributed by atoms with Crippen LogP contribution in [0.4, 0.5) is 0 Å². The summed E-state index contributed by atoms with van der Waals surface area (Å²) in [6.07, 6.45) is 4.37. The lowest BCUT2D eigenvalue weighted by Gasteiger charge is -2.45. The van der Waals surface area contributed by atoms with E-state index in [0.717, 1.165) is 12.8 Å². The van der Waals surface area contributed by atoms with E-state index in [1.807, 2.05) is 13.8 Å². The third-order valence-corrected chi connectivity index (χ3v) is 7.49. The van der Waals surface area contributed by atoms with Crippen LogP contribution in [-0.4, -0.2) is 25.0 Å². The second-order valence-electron chi connectivity index (χ2n) is 12.3. The van der Waals surface area contributed by atoms with Crippen molar-refractivity contribution in [3.05, 3.63) is 0 Å². The van der Waals surface area contributed by atoms with Gasteiger partial charge < -0.3 is 10.1 Å². The van der Waals surface area contributed by atoms with E-state index >= 15 is 0 Å². The molecule has 0 bridgehead atoms. The highest BCUT2D eigenvalue weighted by molar-refractivity contribution is 5.76. The van der Waals surface area contributed by atoms with Gasteiger partial charge in [-0.25, -0.2) is 0 Å². The Kier molecular flexibility index (Phi) is 14.8. The number of hydrogen-bond acceptors (Lipinski definition) is 3. The summed E-state index contributed by atoms with van der Waals surface area (Å²) in [6.45, 7) is 29.6. The molecule has 0 unspecified atom stereocenters. The number of carbonyl (C=O) groups is 2. The van der Waals surface area contributed by atoms with Crippen molar-refractivity contribution in [2.24, 2.45) is 27.6 Å². The number of hydrogen-bond donors (Lipinski definition) is 1. The average Bonchev–Trinajstić information content (AvgIpc) is 2.68. The van der Waals surface area contributed by atoms with E-state index in [2.05, 4.69) is 81.5 Å². The van der Waals surface area contributed by atoms with Crippen LogP contribution < -0.4 is 5.32 Å². The summed E-state index contributed by atoms with van der Waals surface area (Å²) in [4.78, 5) is 24.3. The minimum atomic E-state index is -0.155. The molecule has 192 valence electrons. The van der Waals surface area contributed by atoms with Crippen molar-refractivity contribution >= 4 is 11.9 Å². The van der Waals surface area contributed by atoms with Crippen molar-refractivity contribution in [2.45, 2.75) is 129 Å². The Morgan fingerprint density at radius 1 is 0.844 bits per heavy atom. The zero-order chi connectivity index (χ0) is 25.8. The summed E-state index contributed by atoms with van der Waals surface area (Å²) in [5.74, 6) is 0.449. The lowest BCUT2D eigenvalue weighted by atomic mass is 9.62. The van der Waals surface area contributed by atoms with Gasteiger partial charge in [-0.15, -0.1) is 0 Å². The van der Waals surface area contributed by atoms with Crippen molar-refractivity contribution in [3.63, 3.8) is 0 Å². The van der Waals surface area contributed by atoms with Gasteiger partial charge in [-0.1, -0.05) is 96.4 Å². The number of nitrogens with one attached hydrogen (secondary N) is 1. The van der Waals surface area contributed by atoms with Crippen LogP contribution in [0.5, 0.6) is 0 Å². The molecule has 0 spiro atoms. The predicted molar refractivity (Wildman–Crippen MR) is 139 cm³/mol. The molecular formula is C28H57NO3. The molecule has 0 saturated carbocycles. The largest absolute Gasteiger partial charge is 0.465 e. The Morgan fingerprint density at radius 2 is 1.34 bits per heavy atom. The Morgan fingerprint density at radius 3 is 1.81 bits per heavy atom. The van der Waals surface area contributed by atoms with Crippen LogP contribution in [0.25, 0.3) is 0 Å². The van der Waals surface area contributed by atoms with Crippen LogP contribution in [0.2, 0.25) is 0 Å². The molecule has 0 aliphatic rings. The van der Waals surface area contributed by atoms with Gasteiger partial charge in [-0.3, -0.25) is 9.59 Å².